The van der Waals surface area contributed by atoms with Crippen LogP contribution in [0.25, 0.3) is 6.08 Å². The second kappa shape index (κ2) is 14.3. The quantitative estimate of drug-likeness (QED) is 0.327. The minimum absolute atomic E-state index is 0.00475. The number of carbonyl (C=O) groups is 2. The third-order valence-electron chi connectivity index (χ3n) is 6.89. The highest BCUT2D eigenvalue weighted by Crippen LogP contribution is 2.34. The Bertz CT molecular complexity index is 1240. The zero-order valence-electron chi connectivity index (χ0n) is 23.8. The lowest BCUT2D eigenvalue weighted by Crippen LogP contribution is -2.42. The number of hydrogen-bond donors (Lipinski definition) is 1. The van der Waals surface area contributed by atoms with Gasteiger partial charge in [-0.1, -0.05) is 44.0 Å². The van der Waals surface area contributed by atoms with E-state index >= 15 is 0 Å². The molecule has 2 aliphatic rings. The fraction of sp³-hybridized carbons (Fsp3) is 0.452. The van der Waals surface area contributed by atoms with E-state index in [0.717, 1.165) is 37.0 Å². The molecule has 0 radical (unpaired) electrons. The van der Waals surface area contributed by atoms with Gasteiger partial charge in [-0.25, -0.2) is 4.99 Å². The lowest BCUT2D eigenvalue weighted by atomic mass is 9.95. The Hall–Kier alpha value is -3.46. The number of ether oxygens (including phenoxy) is 3. The van der Waals surface area contributed by atoms with E-state index in [-0.39, 0.29) is 28.8 Å². The van der Waals surface area contributed by atoms with Crippen molar-refractivity contribution in [1.82, 2.24) is 5.32 Å². The topological polar surface area (TPSA) is 89.5 Å². The largest absolute Gasteiger partial charge is 0.494 e. The molecule has 2 amide bonds. The number of carbonyl (C=O) groups excluding carboxylic acids is 2. The lowest BCUT2D eigenvalue weighted by molar-refractivity contribution is -0.121. The molecule has 1 saturated carbocycles. The third kappa shape index (κ3) is 7.18. The van der Waals surface area contributed by atoms with Gasteiger partial charge in [0.1, 0.15) is 11.4 Å². The van der Waals surface area contributed by atoms with Crippen LogP contribution in [0.2, 0.25) is 0 Å². The van der Waals surface area contributed by atoms with E-state index < -0.39 is 0 Å². The van der Waals surface area contributed by atoms with E-state index in [4.69, 9.17) is 19.2 Å². The van der Waals surface area contributed by atoms with Gasteiger partial charge in [0.15, 0.2) is 16.7 Å². The smallest absolute Gasteiger partial charge is 0.283 e. The molecule has 1 aliphatic heterocycles. The van der Waals surface area contributed by atoms with Gasteiger partial charge in [-0.15, -0.1) is 0 Å². The Morgan fingerprint density at radius 1 is 1.05 bits per heavy atom. The Balaban J connectivity index is 1.64. The standard InChI is InChI=1S/C31H39N3O5S/c1-5-28(29(35)32-22-11-9-8-10-12-22)40-31-33-25(19-21-13-18-26(39-7-3)27(20-21)37-4)30(36)34(31)23-14-16-24(17-15-23)38-6-2/h13-20,22,28H,5-12H2,1-4H3,(H,32,35)/b25-19-. The molecule has 2 aromatic rings. The predicted molar refractivity (Wildman–Crippen MR) is 161 cm³/mol. The van der Waals surface area contributed by atoms with Crippen molar-refractivity contribution >= 4 is 40.5 Å². The Morgan fingerprint density at radius 3 is 2.42 bits per heavy atom. The normalized spacial score (nSPS) is 17.5. The monoisotopic (exact) mass is 565 g/mol. The van der Waals surface area contributed by atoms with Crippen molar-refractivity contribution in [2.75, 3.05) is 25.2 Å². The van der Waals surface area contributed by atoms with Crippen molar-refractivity contribution < 1.29 is 23.8 Å². The van der Waals surface area contributed by atoms with Gasteiger partial charge >= 0.3 is 0 Å². The van der Waals surface area contributed by atoms with Crippen LogP contribution < -0.4 is 24.4 Å². The molecular formula is C31H39N3O5S. The molecule has 214 valence electrons. The van der Waals surface area contributed by atoms with Crippen LogP contribution in [-0.4, -0.2) is 48.6 Å². The second-order valence-corrected chi connectivity index (χ2v) is 10.9. The Kier molecular flexibility index (Phi) is 10.5. The van der Waals surface area contributed by atoms with Gasteiger partial charge in [-0.05, 0) is 81.1 Å². The van der Waals surface area contributed by atoms with Gasteiger partial charge in [-0.2, -0.15) is 0 Å². The average Bonchev–Trinajstić information content (AvgIpc) is 3.27. The van der Waals surface area contributed by atoms with Crippen LogP contribution in [0.3, 0.4) is 0 Å². The first-order valence-corrected chi connectivity index (χ1v) is 15.0. The lowest BCUT2D eigenvalue weighted by Gasteiger charge is -2.26. The van der Waals surface area contributed by atoms with Crippen LogP contribution in [0.5, 0.6) is 17.2 Å². The van der Waals surface area contributed by atoms with Crippen molar-refractivity contribution in [3.63, 3.8) is 0 Å². The molecule has 4 rings (SSSR count). The summed E-state index contributed by atoms with van der Waals surface area (Å²) in [5.74, 6) is 1.67. The summed E-state index contributed by atoms with van der Waals surface area (Å²) in [7, 11) is 1.58. The summed E-state index contributed by atoms with van der Waals surface area (Å²) in [6.45, 7) is 6.89. The summed E-state index contributed by atoms with van der Waals surface area (Å²) in [6, 6.07) is 13.1. The zero-order chi connectivity index (χ0) is 28.5. The maximum atomic E-state index is 13.8. The first-order valence-electron chi connectivity index (χ1n) is 14.1. The maximum absolute atomic E-state index is 13.8. The van der Waals surface area contributed by atoms with Gasteiger partial charge in [0.25, 0.3) is 5.91 Å². The minimum Gasteiger partial charge on any atom is -0.494 e. The summed E-state index contributed by atoms with van der Waals surface area (Å²) < 4.78 is 16.7. The first kappa shape index (κ1) is 29.5. The number of anilines is 1. The first-order chi connectivity index (χ1) is 19.5. The summed E-state index contributed by atoms with van der Waals surface area (Å²) in [5.41, 5.74) is 1.70. The maximum Gasteiger partial charge on any atom is 0.283 e. The fourth-order valence-electron chi connectivity index (χ4n) is 4.86. The number of nitrogens with one attached hydrogen (secondary N) is 1. The summed E-state index contributed by atoms with van der Waals surface area (Å²) in [6.07, 6.45) is 7.90. The number of nitrogens with zero attached hydrogens (tertiary/aromatic N) is 2. The van der Waals surface area contributed by atoms with Crippen molar-refractivity contribution in [3.8, 4) is 17.2 Å². The number of thioether (sulfide) groups is 1. The molecule has 1 atom stereocenters. The van der Waals surface area contributed by atoms with Crippen LogP contribution in [0, 0.1) is 0 Å². The van der Waals surface area contributed by atoms with Crippen molar-refractivity contribution in [1.29, 1.82) is 0 Å². The van der Waals surface area contributed by atoms with E-state index in [1.807, 2.05) is 63.2 Å². The molecule has 40 heavy (non-hydrogen) atoms. The highest BCUT2D eigenvalue weighted by molar-refractivity contribution is 8.15. The summed E-state index contributed by atoms with van der Waals surface area (Å²) in [5, 5.41) is 3.34. The average molecular weight is 566 g/mol. The molecule has 1 fully saturated rings. The van der Waals surface area contributed by atoms with Crippen LogP contribution in [-0.2, 0) is 9.59 Å². The van der Waals surface area contributed by atoms with Gasteiger partial charge in [0, 0.05) is 6.04 Å². The minimum atomic E-state index is -0.372. The number of methoxy groups -OCH3 is 1. The van der Waals surface area contributed by atoms with Crippen LogP contribution in [0.4, 0.5) is 5.69 Å². The molecule has 0 saturated heterocycles. The fourth-order valence-corrected chi connectivity index (χ4v) is 5.90. The molecule has 2 aromatic carbocycles. The van der Waals surface area contributed by atoms with E-state index in [1.165, 1.54) is 18.2 Å². The zero-order valence-corrected chi connectivity index (χ0v) is 24.6. The highest BCUT2D eigenvalue weighted by atomic mass is 32.2. The molecule has 8 nitrogen and oxygen atoms in total. The van der Waals surface area contributed by atoms with E-state index in [2.05, 4.69) is 5.32 Å². The molecule has 0 aromatic heterocycles. The number of hydrogen-bond acceptors (Lipinski definition) is 7. The van der Waals surface area contributed by atoms with Gasteiger partial charge < -0.3 is 19.5 Å². The molecule has 9 heteroatoms. The predicted octanol–water partition coefficient (Wildman–Crippen LogP) is 6.20. The van der Waals surface area contributed by atoms with Gasteiger partial charge in [-0.3, -0.25) is 14.5 Å². The van der Waals surface area contributed by atoms with Crippen LogP contribution >= 0.6 is 11.8 Å². The summed E-state index contributed by atoms with van der Waals surface area (Å²) in [4.78, 5) is 33.3. The second-order valence-electron chi connectivity index (χ2n) is 9.69. The van der Waals surface area contributed by atoms with Crippen molar-refractivity contribution in [2.24, 2.45) is 4.99 Å². The molecular weight excluding hydrogens is 526 g/mol. The van der Waals surface area contributed by atoms with E-state index in [1.54, 1.807) is 18.1 Å². The Morgan fingerprint density at radius 2 is 1.77 bits per heavy atom. The number of benzene rings is 2. The molecule has 1 N–H and O–H groups in total. The molecule has 1 aliphatic carbocycles. The SMILES string of the molecule is CCOc1ccc(N2C(=O)/C(=C/c3ccc(OCC)c(OC)c3)N=C2SC(CC)C(=O)NC2CCCCC2)cc1. The molecule has 0 bridgehead atoms. The number of amides is 2. The van der Waals surface area contributed by atoms with Crippen LogP contribution in [0.15, 0.2) is 53.2 Å². The van der Waals surface area contributed by atoms with Crippen molar-refractivity contribution in [3.05, 3.63) is 53.7 Å². The van der Waals surface area contributed by atoms with Crippen LogP contribution in [0.1, 0.15) is 64.9 Å². The molecule has 1 unspecified atom stereocenters. The highest BCUT2D eigenvalue weighted by Gasteiger charge is 2.35. The third-order valence-corrected chi connectivity index (χ3v) is 8.21. The van der Waals surface area contributed by atoms with Gasteiger partial charge in [0.2, 0.25) is 5.91 Å². The molecule has 1 heterocycles. The number of rotatable bonds is 11. The number of amidine groups is 1. The van der Waals surface area contributed by atoms with E-state index in [9.17, 15) is 9.59 Å². The van der Waals surface area contributed by atoms with E-state index in [0.29, 0.717) is 42.0 Å². The van der Waals surface area contributed by atoms with Crippen molar-refractivity contribution in [2.45, 2.75) is 70.6 Å². The number of aliphatic imine (C=N–C) groups is 1. The Labute approximate surface area is 241 Å². The van der Waals surface area contributed by atoms with Gasteiger partial charge in [0.05, 0.1) is 31.3 Å². The molecule has 0 spiro atoms. The summed E-state index contributed by atoms with van der Waals surface area (Å²) >= 11 is 1.33.